The summed E-state index contributed by atoms with van der Waals surface area (Å²) in [4.78, 5) is 0. The Kier molecular flexibility index (Phi) is 2.35. The van der Waals surface area contributed by atoms with Crippen LogP contribution in [0.3, 0.4) is 0 Å². The number of aliphatic hydroxyl groups excluding tert-OH is 1. The molecule has 1 unspecified atom stereocenters. The van der Waals surface area contributed by atoms with E-state index in [-0.39, 0.29) is 0 Å². The standard InChI is InChI=1S/C5H9N3O2/c6-2-1-5(9)4-3-7-10-8-4/h3,5,9H,1-2,6H2. The van der Waals surface area contributed by atoms with Crippen molar-refractivity contribution in [2.75, 3.05) is 6.54 Å². The predicted octanol–water partition coefficient (Wildman–Crippen LogP) is -0.548. The van der Waals surface area contributed by atoms with Gasteiger partial charge in [0.1, 0.15) is 11.8 Å². The van der Waals surface area contributed by atoms with Crippen molar-refractivity contribution in [2.45, 2.75) is 12.5 Å². The zero-order valence-electron chi connectivity index (χ0n) is 5.40. The van der Waals surface area contributed by atoms with Crippen LogP contribution in [0, 0.1) is 0 Å². The van der Waals surface area contributed by atoms with Crippen molar-refractivity contribution in [1.29, 1.82) is 0 Å². The molecule has 1 aromatic rings. The molecular weight excluding hydrogens is 134 g/mol. The van der Waals surface area contributed by atoms with E-state index in [9.17, 15) is 0 Å². The summed E-state index contributed by atoms with van der Waals surface area (Å²) in [5.41, 5.74) is 5.63. The lowest BCUT2D eigenvalue weighted by Gasteiger charge is -2.01. The minimum atomic E-state index is -0.642. The molecule has 10 heavy (non-hydrogen) atoms. The lowest BCUT2D eigenvalue weighted by Crippen LogP contribution is -2.06. The molecule has 0 aromatic carbocycles. The van der Waals surface area contributed by atoms with E-state index >= 15 is 0 Å². The van der Waals surface area contributed by atoms with Crippen LogP contribution in [-0.4, -0.2) is 22.0 Å². The number of aromatic nitrogens is 2. The van der Waals surface area contributed by atoms with Crippen LogP contribution in [-0.2, 0) is 0 Å². The van der Waals surface area contributed by atoms with Crippen LogP contribution in [0.5, 0.6) is 0 Å². The minimum absolute atomic E-state index is 0.425. The molecule has 1 heterocycles. The van der Waals surface area contributed by atoms with Gasteiger partial charge in [-0.05, 0) is 13.0 Å². The van der Waals surface area contributed by atoms with Crippen molar-refractivity contribution < 1.29 is 9.74 Å². The van der Waals surface area contributed by atoms with Crippen molar-refractivity contribution in [3.63, 3.8) is 0 Å². The van der Waals surface area contributed by atoms with Gasteiger partial charge >= 0.3 is 0 Å². The largest absolute Gasteiger partial charge is 0.387 e. The van der Waals surface area contributed by atoms with E-state index in [1.807, 2.05) is 0 Å². The van der Waals surface area contributed by atoms with Gasteiger partial charge < -0.3 is 10.8 Å². The van der Waals surface area contributed by atoms with Gasteiger partial charge in [0.25, 0.3) is 0 Å². The van der Waals surface area contributed by atoms with Gasteiger partial charge in [0.05, 0.1) is 6.20 Å². The van der Waals surface area contributed by atoms with E-state index in [0.717, 1.165) is 0 Å². The fraction of sp³-hybridized carbons (Fsp3) is 0.600. The van der Waals surface area contributed by atoms with Gasteiger partial charge in [0.2, 0.25) is 0 Å². The Morgan fingerprint density at radius 3 is 3.10 bits per heavy atom. The van der Waals surface area contributed by atoms with Gasteiger partial charge in [0.15, 0.2) is 0 Å². The molecule has 0 bridgehead atoms. The van der Waals surface area contributed by atoms with Crippen LogP contribution in [0.25, 0.3) is 0 Å². The molecule has 0 radical (unpaired) electrons. The maximum Gasteiger partial charge on any atom is 0.133 e. The molecule has 1 atom stereocenters. The fourth-order valence-corrected chi connectivity index (χ4v) is 0.624. The lowest BCUT2D eigenvalue weighted by molar-refractivity contribution is 0.158. The van der Waals surface area contributed by atoms with Gasteiger partial charge in [-0.25, -0.2) is 4.63 Å². The number of aliphatic hydroxyl groups is 1. The molecule has 0 spiro atoms. The van der Waals surface area contributed by atoms with Gasteiger partial charge in [0, 0.05) is 0 Å². The second-order valence-corrected chi connectivity index (χ2v) is 1.93. The maximum atomic E-state index is 9.17. The number of hydrogen-bond donors (Lipinski definition) is 2. The highest BCUT2D eigenvalue weighted by molar-refractivity contribution is 4.94. The summed E-state index contributed by atoms with van der Waals surface area (Å²) in [5.74, 6) is 0. The summed E-state index contributed by atoms with van der Waals surface area (Å²) < 4.78 is 4.28. The molecule has 1 aromatic heterocycles. The lowest BCUT2D eigenvalue weighted by atomic mass is 10.2. The molecule has 5 heteroatoms. The monoisotopic (exact) mass is 143 g/mol. The topological polar surface area (TPSA) is 85.2 Å². The van der Waals surface area contributed by atoms with Crippen molar-refractivity contribution >= 4 is 0 Å². The summed E-state index contributed by atoms with van der Waals surface area (Å²) in [5, 5.41) is 15.9. The summed E-state index contributed by atoms with van der Waals surface area (Å²) in [6.07, 6.45) is 1.21. The van der Waals surface area contributed by atoms with Crippen LogP contribution in [0.2, 0.25) is 0 Å². The van der Waals surface area contributed by atoms with Crippen LogP contribution in [0.15, 0.2) is 10.8 Å². The second kappa shape index (κ2) is 3.28. The number of nitrogens with two attached hydrogens (primary N) is 1. The molecule has 56 valence electrons. The molecule has 0 fully saturated rings. The Morgan fingerprint density at radius 2 is 2.60 bits per heavy atom. The van der Waals surface area contributed by atoms with E-state index in [1.54, 1.807) is 0 Å². The first kappa shape index (κ1) is 7.17. The Morgan fingerprint density at radius 1 is 1.80 bits per heavy atom. The van der Waals surface area contributed by atoms with E-state index in [0.29, 0.717) is 18.7 Å². The highest BCUT2D eigenvalue weighted by Crippen LogP contribution is 2.10. The Bertz CT molecular complexity index is 175. The number of hydrogen-bond acceptors (Lipinski definition) is 5. The van der Waals surface area contributed by atoms with Crippen LogP contribution < -0.4 is 5.73 Å². The number of nitrogens with zero attached hydrogens (tertiary/aromatic N) is 2. The first-order valence-corrected chi connectivity index (χ1v) is 3.00. The third-order valence-electron chi connectivity index (χ3n) is 1.16. The van der Waals surface area contributed by atoms with Gasteiger partial charge in [-0.15, -0.1) is 0 Å². The van der Waals surface area contributed by atoms with E-state index < -0.39 is 6.10 Å². The quantitative estimate of drug-likeness (QED) is 0.593. The molecule has 3 N–H and O–H groups in total. The Labute approximate surface area is 57.8 Å². The molecule has 1 rings (SSSR count). The summed E-state index contributed by atoms with van der Waals surface area (Å²) in [6, 6.07) is 0. The van der Waals surface area contributed by atoms with Gasteiger partial charge in [-0.1, -0.05) is 10.3 Å². The van der Waals surface area contributed by atoms with Gasteiger partial charge in [-0.2, -0.15) is 0 Å². The zero-order chi connectivity index (χ0) is 7.40. The van der Waals surface area contributed by atoms with Crippen LogP contribution in [0.1, 0.15) is 18.2 Å². The van der Waals surface area contributed by atoms with E-state index in [4.69, 9.17) is 10.8 Å². The highest BCUT2D eigenvalue weighted by atomic mass is 16.6. The molecule has 5 nitrogen and oxygen atoms in total. The van der Waals surface area contributed by atoms with Crippen molar-refractivity contribution in [1.82, 2.24) is 10.3 Å². The molecular formula is C5H9N3O2. The van der Waals surface area contributed by atoms with Crippen molar-refractivity contribution in [3.05, 3.63) is 11.9 Å². The molecule has 0 saturated heterocycles. The van der Waals surface area contributed by atoms with E-state index in [1.165, 1.54) is 6.20 Å². The zero-order valence-corrected chi connectivity index (χ0v) is 5.40. The summed E-state index contributed by atoms with van der Waals surface area (Å²) in [6.45, 7) is 0.425. The number of rotatable bonds is 3. The van der Waals surface area contributed by atoms with Crippen molar-refractivity contribution in [2.24, 2.45) is 5.73 Å². The first-order chi connectivity index (χ1) is 4.84. The fourth-order valence-electron chi connectivity index (χ4n) is 0.624. The summed E-state index contributed by atoms with van der Waals surface area (Å²) >= 11 is 0. The average Bonchev–Trinajstić information content (AvgIpc) is 2.38. The predicted molar refractivity (Wildman–Crippen MR) is 32.9 cm³/mol. The van der Waals surface area contributed by atoms with Crippen LogP contribution in [0.4, 0.5) is 0 Å². The SMILES string of the molecule is NCCC(O)c1cnon1. The third-order valence-corrected chi connectivity index (χ3v) is 1.16. The van der Waals surface area contributed by atoms with Gasteiger partial charge in [-0.3, -0.25) is 0 Å². The van der Waals surface area contributed by atoms with Crippen molar-refractivity contribution in [3.8, 4) is 0 Å². The Hall–Kier alpha value is -0.940. The first-order valence-electron chi connectivity index (χ1n) is 3.00. The third kappa shape index (κ3) is 1.52. The highest BCUT2D eigenvalue weighted by Gasteiger charge is 2.09. The molecule has 0 saturated carbocycles. The Balaban J connectivity index is 2.50. The molecule has 0 amide bonds. The van der Waals surface area contributed by atoms with E-state index in [2.05, 4.69) is 14.9 Å². The second-order valence-electron chi connectivity index (χ2n) is 1.93. The minimum Gasteiger partial charge on any atom is -0.387 e. The normalized spacial score (nSPS) is 13.4. The maximum absolute atomic E-state index is 9.17. The molecule has 0 aliphatic carbocycles. The summed E-state index contributed by atoms with van der Waals surface area (Å²) in [7, 11) is 0. The smallest absolute Gasteiger partial charge is 0.133 e. The molecule has 0 aliphatic heterocycles. The molecule has 0 aliphatic rings. The average molecular weight is 143 g/mol. The van der Waals surface area contributed by atoms with Crippen LogP contribution >= 0.6 is 0 Å².